The largest absolute Gasteiger partial charge is 0.456 e. The van der Waals surface area contributed by atoms with Crippen molar-refractivity contribution in [3.8, 4) is 5.75 Å². The number of benzene rings is 1. The molecule has 2 rings (SSSR count). The summed E-state index contributed by atoms with van der Waals surface area (Å²) in [5.41, 5.74) is 0.118. The number of hydrogen-bond acceptors (Lipinski definition) is 5. The molecule has 0 bridgehead atoms. The highest BCUT2D eigenvalue weighted by Crippen LogP contribution is 2.20. The molecular weight excluding hydrogens is 292 g/mol. The molecule has 0 amide bonds. The van der Waals surface area contributed by atoms with Crippen LogP contribution < -0.4 is 10.2 Å². The molecule has 0 N–H and O–H groups in total. The molecule has 1 heterocycles. The quantitative estimate of drug-likeness (QED) is 0.641. The summed E-state index contributed by atoms with van der Waals surface area (Å²) in [6.45, 7) is 1.69. The van der Waals surface area contributed by atoms with Gasteiger partial charge in [0.2, 0.25) is 0 Å². The number of rotatable bonds is 4. The molecule has 1 unspecified atom stereocenters. The fourth-order valence-electron chi connectivity index (χ4n) is 1.67. The zero-order valence-electron chi connectivity index (χ0n) is 11.6. The normalized spacial score (nSPS) is 12.7. The van der Waals surface area contributed by atoms with Crippen LogP contribution in [-0.4, -0.2) is 16.4 Å². The van der Waals surface area contributed by atoms with Crippen molar-refractivity contribution in [2.45, 2.75) is 13.3 Å². The predicted octanol–water partition coefficient (Wildman–Crippen LogP) is 2.46. The Kier molecular flexibility index (Phi) is 4.70. The van der Waals surface area contributed by atoms with Crippen molar-refractivity contribution in [3.63, 3.8) is 0 Å². The molecule has 0 spiro atoms. The predicted molar refractivity (Wildman–Crippen MR) is 81.5 cm³/mol. The summed E-state index contributed by atoms with van der Waals surface area (Å²) in [6, 6.07) is 5.90. The summed E-state index contributed by atoms with van der Waals surface area (Å²) >= 11 is 0. The van der Waals surface area contributed by atoms with Gasteiger partial charge in [-0.25, -0.2) is 0 Å². The van der Waals surface area contributed by atoms with Gasteiger partial charge in [-0.15, -0.1) is 0 Å². The summed E-state index contributed by atoms with van der Waals surface area (Å²) in [5.74, 6) is 0.254. The third-order valence-electron chi connectivity index (χ3n) is 2.66. The van der Waals surface area contributed by atoms with Crippen LogP contribution in [0, 0.1) is 0 Å². The maximum absolute atomic E-state index is 12.0. The first-order valence-corrected chi connectivity index (χ1v) is 7.90. The lowest BCUT2D eigenvalue weighted by Gasteiger charge is -2.04. The second-order valence-corrected chi connectivity index (χ2v) is 5.57. The maximum atomic E-state index is 12.0. The first kappa shape index (κ1) is 15.2. The van der Waals surface area contributed by atoms with E-state index < -0.39 is 10.8 Å². The average Bonchev–Trinajstić information content (AvgIpc) is 2.45. The van der Waals surface area contributed by atoms with Crippen molar-refractivity contribution in [1.82, 2.24) is 0 Å². The number of fused-ring (bicyclic) bond motifs is 1. The van der Waals surface area contributed by atoms with Crippen LogP contribution in [0.5, 0.6) is 5.75 Å². The third kappa shape index (κ3) is 3.88. The molecule has 110 valence electrons. The molecule has 0 aliphatic carbocycles. The molecular formula is C15H14O5S. The molecule has 1 aromatic carbocycles. The fourth-order valence-corrected chi connectivity index (χ4v) is 1.99. The molecule has 1 atom stereocenters. The van der Waals surface area contributed by atoms with E-state index in [-0.39, 0.29) is 17.8 Å². The number of ether oxygens (including phenoxy) is 1. The average molecular weight is 306 g/mol. The lowest BCUT2D eigenvalue weighted by atomic mass is 10.2. The highest BCUT2D eigenvalue weighted by atomic mass is 32.2. The van der Waals surface area contributed by atoms with Crippen LogP contribution in [0.15, 0.2) is 38.9 Å². The van der Waals surface area contributed by atoms with Gasteiger partial charge in [0.15, 0.2) is 5.43 Å². The van der Waals surface area contributed by atoms with Gasteiger partial charge < -0.3 is 9.15 Å². The molecule has 1 aromatic heterocycles. The highest BCUT2D eigenvalue weighted by molar-refractivity contribution is 7.87. The first-order chi connectivity index (χ1) is 9.99. The minimum Gasteiger partial charge on any atom is -0.456 e. The minimum absolute atomic E-state index is 0.254. The molecule has 2 aromatic rings. The molecule has 0 radical (unpaired) electrons. The lowest BCUT2D eigenvalue weighted by molar-refractivity contribution is -0.134. The number of esters is 1. The third-order valence-corrected chi connectivity index (χ3v) is 3.18. The van der Waals surface area contributed by atoms with E-state index in [9.17, 15) is 13.8 Å². The summed E-state index contributed by atoms with van der Waals surface area (Å²) in [4.78, 5) is 23.3. The maximum Gasteiger partial charge on any atom is 0.310 e. The molecule has 0 aliphatic heterocycles. The van der Waals surface area contributed by atoms with Crippen molar-refractivity contribution in [3.05, 3.63) is 45.7 Å². The van der Waals surface area contributed by atoms with Gasteiger partial charge in [0.1, 0.15) is 17.1 Å². The Bertz CT molecular complexity index is 788. The molecule has 0 saturated heterocycles. The Morgan fingerprint density at radius 2 is 2.14 bits per heavy atom. The van der Waals surface area contributed by atoms with Gasteiger partial charge in [0.05, 0.1) is 5.39 Å². The van der Waals surface area contributed by atoms with Crippen molar-refractivity contribution >= 4 is 33.8 Å². The second-order valence-electron chi connectivity index (χ2n) is 4.30. The van der Waals surface area contributed by atoms with Crippen LogP contribution >= 0.6 is 0 Å². The summed E-state index contributed by atoms with van der Waals surface area (Å²) < 4.78 is 21.6. The van der Waals surface area contributed by atoms with Crippen LogP contribution in [-0.2, 0) is 15.6 Å². The Morgan fingerprint density at radius 1 is 1.38 bits per heavy atom. The Labute approximate surface area is 123 Å². The smallest absolute Gasteiger partial charge is 0.310 e. The van der Waals surface area contributed by atoms with Crippen LogP contribution in [0.4, 0.5) is 0 Å². The van der Waals surface area contributed by atoms with E-state index in [0.717, 1.165) is 0 Å². The van der Waals surface area contributed by atoms with Crippen molar-refractivity contribution < 1.29 is 18.2 Å². The zero-order valence-corrected chi connectivity index (χ0v) is 12.4. The van der Waals surface area contributed by atoms with E-state index in [1.165, 1.54) is 29.9 Å². The monoisotopic (exact) mass is 306 g/mol. The topological polar surface area (TPSA) is 73.6 Å². The van der Waals surface area contributed by atoms with Gasteiger partial charge in [-0.3, -0.25) is 13.8 Å². The van der Waals surface area contributed by atoms with Crippen molar-refractivity contribution in [2.75, 3.05) is 6.26 Å². The van der Waals surface area contributed by atoms with Gasteiger partial charge in [-0.05, 0) is 24.3 Å². The van der Waals surface area contributed by atoms with E-state index in [4.69, 9.17) is 9.15 Å². The molecule has 0 aliphatic rings. The van der Waals surface area contributed by atoms with Crippen LogP contribution in [0.2, 0.25) is 0 Å². The van der Waals surface area contributed by atoms with Crippen LogP contribution in [0.3, 0.4) is 0 Å². The minimum atomic E-state index is -1.12. The number of hydrogen-bond donors (Lipinski definition) is 0. The molecule has 5 nitrogen and oxygen atoms in total. The van der Waals surface area contributed by atoms with E-state index in [1.807, 2.05) is 0 Å². The van der Waals surface area contributed by atoms with Gasteiger partial charge in [0, 0.05) is 35.0 Å². The molecule has 21 heavy (non-hydrogen) atoms. The van der Waals surface area contributed by atoms with E-state index >= 15 is 0 Å². The standard InChI is InChI=1S/C15H14O5S/c1-3-15(17)20-10-4-5-14-12(8-10)13(16)9-11(19-14)6-7-21(2)18/h4-9H,3H2,1-2H3/b7-6+. The number of carbonyl (C=O) groups excluding carboxylic acids is 1. The van der Waals surface area contributed by atoms with Crippen molar-refractivity contribution in [2.24, 2.45) is 0 Å². The summed E-state index contributed by atoms with van der Waals surface area (Å²) in [5, 5.41) is 1.76. The summed E-state index contributed by atoms with van der Waals surface area (Å²) in [6.07, 6.45) is 3.26. The zero-order chi connectivity index (χ0) is 15.4. The lowest BCUT2D eigenvalue weighted by Crippen LogP contribution is -2.06. The van der Waals surface area contributed by atoms with Crippen molar-refractivity contribution in [1.29, 1.82) is 0 Å². The Morgan fingerprint density at radius 3 is 2.81 bits per heavy atom. The molecule has 0 saturated carbocycles. The SMILES string of the molecule is CCC(=O)Oc1ccc2oc(/C=C/S(C)=O)cc(=O)c2c1. The Hall–Kier alpha value is -2.21. The molecule has 6 heteroatoms. The van der Waals surface area contributed by atoms with E-state index in [2.05, 4.69) is 0 Å². The molecule has 0 fully saturated rings. The van der Waals surface area contributed by atoms with Crippen LogP contribution in [0.25, 0.3) is 17.0 Å². The highest BCUT2D eigenvalue weighted by Gasteiger charge is 2.07. The van der Waals surface area contributed by atoms with E-state index in [1.54, 1.807) is 19.1 Å². The Balaban J connectivity index is 2.43. The van der Waals surface area contributed by atoms with E-state index in [0.29, 0.717) is 22.5 Å². The van der Waals surface area contributed by atoms with Gasteiger partial charge >= 0.3 is 5.97 Å². The van der Waals surface area contributed by atoms with Gasteiger partial charge in [-0.2, -0.15) is 0 Å². The van der Waals surface area contributed by atoms with Gasteiger partial charge in [0.25, 0.3) is 0 Å². The van der Waals surface area contributed by atoms with Gasteiger partial charge in [-0.1, -0.05) is 6.92 Å². The summed E-state index contributed by atoms with van der Waals surface area (Å²) in [7, 11) is -1.12. The van der Waals surface area contributed by atoms with Crippen LogP contribution in [0.1, 0.15) is 19.1 Å². The fraction of sp³-hybridized carbons (Fsp3) is 0.200. The second kappa shape index (κ2) is 6.49. The number of carbonyl (C=O) groups is 1. The first-order valence-electron chi connectivity index (χ1n) is 6.28.